The standard InChI is InChI=1S/C34H36ClN3O5/c1-40-30-15-13-25(20-33(30)42-24-27-10-6-7-17-36-27)22-38-18-8-2-3-9-19-41-31-11-4-5-12-32(31)43-29-16-14-26(35)21-28(29)37-34(39)23-38/h4-7,10-17,20-21H,2-3,8-9,18-19,22-24H2,1H3,(H,37,39). The van der Waals surface area contributed by atoms with Crippen molar-refractivity contribution in [3.8, 4) is 28.7 Å². The number of nitrogens with one attached hydrogen (secondary N) is 1. The van der Waals surface area contributed by atoms with Crippen LogP contribution in [0.5, 0.6) is 28.7 Å². The van der Waals surface area contributed by atoms with E-state index in [2.05, 4.69) is 15.2 Å². The molecule has 43 heavy (non-hydrogen) atoms. The van der Waals surface area contributed by atoms with E-state index in [1.807, 2.05) is 60.7 Å². The smallest absolute Gasteiger partial charge is 0.238 e. The van der Waals surface area contributed by atoms with E-state index in [0.29, 0.717) is 59.2 Å². The highest BCUT2D eigenvalue weighted by Crippen LogP contribution is 2.37. The summed E-state index contributed by atoms with van der Waals surface area (Å²) in [7, 11) is 1.62. The number of nitrogens with zero attached hydrogens (tertiary/aromatic N) is 2. The average Bonchev–Trinajstić information content (AvgIpc) is 3.01. The van der Waals surface area contributed by atoms with Crippen LogP contribution in [0.15, 0.2) is 85.1 Å². The largest absolute Gasteiger partial charge is 0.493 e. The lowest BCUT2D eigenvalue weighted by Crippen LogP contribution is -2.33. The minimum Gasteiger partial charge on any atom is -0.493 e. The molecule has 1 aliphatic rings. The summed E-state index contributed by atoms with van der Waals surface area (Å²) >= 11 is 6.31. The van der Waals surface area contributed by atoms with Crippen molar-refractivity contribution in [2.24, 2.45) is 0 Å². The maximum atomic E-state index is 13.4. The van der Waals surface area contributed by atoms with E-state index in [4.69, 9.17) is 30.5 Å². The first kappa shape index (κ1) is 30.2. The summed E-state index contributed by atoms with van der Waals surface area (Å²) in [4.78, 5) is 19.9. The van der Waals surface area contributed by atoms with Gasteiger partial charge in [-0.3, -0.25) is 14.7 Å². The lowest BCUT2D eigenvalue weighted by molar-refractivity contribution is -0.117. The van der Waals surface area contributed by atoms with Crippen LogP contribution in [0, 0.1) is 0 Å². The molecule has 0 unspecified atom stereocenters. The SMILES string of the molecule is COc1ccc(CN2CCCCCCOc3ccccc3Oc3ccc(Cl)cc3NC(=O)C2)cc1OCc1ccccn1. The van der Waals surface area contributed by atoms with Crippen molar-refractivity contribution in [3.05, 3.63) is 101 Å². The van der Waals surface area contributed by atoms with E-state index in [-0.39, 0.29) is 12.5 Å². The molecule has 0 atom stereocenters. The van der Waals surface area contributed by atoms with Crippen molar-refractivity contribution in [1.29, 1.82) is 0 Å². The molecule has 0 saturated heterocycles. The second-order valence-electron chi connectivity index (χ2n) is 10.3. The average molecular weight is 602 g/mol. The molecule has 3 aromatic carbocycles. The van der Waals surface area contributed by atoms with Gasteiger partial charge in [0.2, 0.25) is 5.91 Å². The van der Waals surface area contributed by atoms with E-state index >= 15 is 0 Å². The second kappa shape index (κ2) is 15.3. The fourth-order valence-electron chi connectivity index (χ4n) is 4.87. The molecule has 1 aromatic heterocycles. The first-order chi connectivity index (χ1) is 21.1. The van der Waals surface area contributed by atoms with Gasteiger partial charge in [-0.25, -0.2) is 0 Å². The third kappa shape index (κ3) is 8.86. The van der Waals surface area contributed by atoms with Gasteiger partial charge in [0.25, 0.3) is 0 Å². The van der Waals surface area contributed by atoms with Gasteiger partial charge >= 0.3 is 0 Å². The number of hydrogen-bond donors (Lipinski definition) is 1. The summed E-state index contributed by atoms with van der Waals surface area (Å²) in [6.45, 7) is 2.44. The number of hydrogen-bond acceptors (Lipinski definition) is 7. The van der Waals surface area contributed by atoms with Crippen molar-refractivity contribution in [2.75, 3.05) is 32.1 Å². The van der Waals surface area contributed by atoms with Crippen LogP contribution < -0.4 is 24.3 Å². The molecule has 1 aliphatic heterocycles. The van der Waals surface area contributed by atoms with Gasteiger partial charge in [0.15, 0.2) is 28.7 Å². The van der Waals surface area contributed by atoms with Gasteiger partial charge in [0.05, 0.1) is 31.6 Å². The predicted octanol–water partition coefficient (Wildman–Crippen LogP) is 7.51. The fraction of sp³-hybridized carbons (Fsp3) is 0.294. The summed E-state index contributed by atoms with van der Waals surface area (Å²) in [5, 5.41) is 3.51. The summed E-state index contributed by atoms with van der Waals surface area (Å²) < 4.78 is 23.9. The zero-order chi connectivity index (χ0) is 29.9. The van der Waals surface area contributed by atoms with Crippen molar-refractivity contribution < 1.29 is 23.7 Å². The lowest BCUT2D eigenvalue weighted by Gasteiger charge is -2.23. The normalized spacial score (nSPS) is 14.8. The van der Waals surface area contributed by atoms with Crippen LogP contribution in [0.2, 0.25) is 5.02 Å². The van der Waals surface area contributed by atoms with Gasteiger partial charge in [-0.05, 0) is 79.5 Å². The number of fused-ring (bicyclic) bond motifs is 2. The molecule has 1 amide bonds. The number of para-hydroxylation sites is 2. The van der Waals surface area contributed by atoms with Crippen molar-refractivity contribution in [2.45, 2.75) is 38.8 Å². The molecule has 0 aliphatic carbocycles. The lowest BCUT2D eigenvalue weighted by atomic mass is 10.1. The van der Waals surface area contributed by atoms with Crippen molar-refractivity contribution in [1.82, 2.24) is 9.88 Å². The van der Waals surface area contributed by atoms with Gasteiger partial charge in [-0.15, -0.1) is 0 Å². The number of aromatic nitrogens is 1. The summed E-state index contributed by atoms with van der Waals surface area (Å²) in [5.74, 6) is 2.83. The quantitative estimate of drug-likeness (QED) is 0.245. The molecule has 0 bridgehead atoms. The molecular weight excluding hydrogens is 566 g/mol. The monoisotopic (exact) mass is 601 g/mol. The Morgan fingerprint density at radius 3 is 2.58 bits per heavy atom. The van der Waals surface area contributed by atoms with Crippen LogP contribution in [0.3, 0.4) is 0 Å². The Balaban J connectivity index is 1.34. The minimum atomic E-state index is -0.163. The molecular formula is C34H36ClN3O5. The Morgan fingerprint density at radius 1 is 0.907 bits per heavy atom. The zero-order valence-corrected chi connectivity index (χ0v) is 25.0. The molecule has 0 radical (unpaired) electrons. The van der Waals surface area contributed by atoms with E-state index in [9.17, 15) is 4.79 Å². The number of amides is 1. The van der Waals surface area contributed by atoms with Gasteiger partial charge in [0, 0.05) is 17.8 Å². The maximum Gasteiger partial charge on any atom is 0.238 e. The number of ether oxygens (including phenoxy) is 4. The third-order valence-corrected chi connectivity index (χ3v) is 7.25. The summed E-state index contributed by atoms with van der Waals surface area (Å²) in [6, 6.07) is 24.3. The molecule has 0 spiro atoms. The Bertz CT molecular complexity index is 1500. The van der Waals surface area contributed by atoms with Crippen LogP contribution in [-0.4, -0.2) is 42.6 Å². The molecule has 224 valence electrons. The van der Waals surface area contributed by atoms with Crippen LogP contribution in [0.1, 0.15) is 36.9 Å². The maximum absolute atomic E-state index is 13.4. The minimum absolute atomic E-state index is 0.163. The molecule has 0 saturated carbocycles. The van der Waals surface area contributed by atoms with Gasteiger partial charge in [0.1, 0.15) is 6.61 Å². The van der Waals surface area contributed by atoms with E-state index < -0.39 is 0 Å². The number of anilines is 1. The van der Waals surface area contributed by atoms with Crippen molar-refractivity contribution >= 4 is 23.2 Å². The molecule has 8 nitrogen and oxygen atoms in total. The van der Waals surface area contributed by atoms with Crippen molar-refractivity contribution in [3.63, 3.8) is 0 Å². The Hall–Kier alpha value is -4.27. The number of halogens is 1. The Kier molecular flexibility index (Phi) is 10.7. The number of carbonyl (C=O) groups is 1. The molecule has 0 fully saturated rings. The predicted molar refractivity (Wildman–Crippen MR) is 167 cm³/mol. The van der Waals surface area contributed by atoms with Gasteiger partial charge < -0.3 is 24.3 Å². The first-order valence-corrected chi connectivity index (χ1v) is 14.9. The molecule has 4 aromatic rings. The van der Waals surface area contributed by atoms with E-state index in [1.165, 1.54) is 0 Å². The summed E-state index contributed by atoms with van der Waals surface area (Å²) in [6.07, 6.45) is 5.67. The number of pyridine rings is 1. The number of methoxy groups -OCH3 is 1. The molecule has 9 heteroatoms. The Morgan fingerprint density at radius 2 is 1.74 bits per heavy atom. The summed E-state index contributed by atoms with van der Waals surface area (Å²) in [5.41, 5.74) is 2.33. The van der Waals surface area contributed by atoms with Crippen LogP contribution in [0.4, 0.5) is 5.69 Å². The van der Waals surface area contributed by atoms with Gasteiger partial charge in [-0.2, -0.15) is 0 Å². The van der Waals surface area contributed by atoms with E-state index in [1.54, 1.807) is 31.5 Å². The van der Waals surface area contributed by atoms with Crippen LogP contribution >= 0.6 is 11.6 Å². The highest BCUT2D eigenvalue weighted by atomic mass is 35.5. The number of rotatable bonds is 6. The highest BCUT2D eigenvalue weighted by Gasteiger charge is 2.17. The third-order valence-electron chi connectivity index (χ3n) is 7.01. The number of benzene rings is 3. The molecule has 5 rings (SSSR count). The Labute approximate surface area is 257 Å². The fourth-order valence-corrected chi connectivity index (χ4v) is 5.04. The number of carbonyl (C=O) groups excluding carboxylic acids is 1. The van der Waals surface area contributed by atoms with Crippen LogP contribution in [-0.2, 0) is 17.9 Å². The highest BCUT2D eigenvalue weighted by molar-refractivity contribution is 6.31. The zero-order valence-electron chi connectivity index (χ0n) is 24.3. The van der Waals surface area contributed by atoms with Gasteiger partial charge in [-0.1, -0.05) is 48.7 Å². The van der Waals surface area contributed by atoms with Crippen LogP contribution in [0.25, 0.3) is 0 Å². The second-order valence-corrected chi connectivity index (χ2v) is 10.7. The molecule has 1 N–H and O–H groups in total. The van der Waals surface area contributed by atoms with E-state index in [0.717, 1.165) is 43.5 Å². The topological polar surface area (TPSA) is 82.2 Å². The first-order valence-electron chi connectivity index (χ1n) is 14.5. The molecule has 2 heterocycles.